The van der Waals surface area contributed by atoms with Gasteiger partial charge in [0, 0.05) is 37.8 Å². The van der Waals surface area contributed by atoms with E-state index in [1.165, 1.54) is 11.1 Å². The molecule has 2 aromatic heterocycles. The Labute approximate surface area is 188 Å². The number of ether oxygens (including phenoxy) is 3. The molecular formula is C24H31N5O3. The van der Waals surface area contributed by atoms with Crippen LogP contribution in [0.2, 0.25) is 0 Å². The van der Waals surface area contributed by atoms with Crippen molar-refractivity contribution in [3.8, 4) is 17.4 Å². The zero-order valence-corrected chi connectivity index (χ0v) is 19.2. The van der Waals surface area contributed by atoms with Crippen LogP contribution in [0.25, 0.3) is 22.3 Å². The number of nitrogens with one attached hydrogen (secondary N) is 1. The highest BCUT2D eigenvalue weighted by atomic mass is 16.5. The largest absolute Gasteiger partial charge is 0.467 e. The Morgan fingerprint density at radius 3 is 2.53 bits per heavy atom. The summed E-state index contributed by atoms with van der Waals surface area (Å²) in [6.07, 6.45) is 2.38. The second-order valence-electron chi connectivity index (χ2n) is 8.97. The number of morpholine rings is 1. The molecule has 2 aliphatic heterocycles. The van der Waals surface area contributed by atoms with Crippen molar-refractivity contribution in [2.24, 2.45) is 0 Å². The molecule has 0 amide bonds. The Hall–Kier alpha value is -2.71. The van der Waals surface area contributed by atoms with Crippen LogP contribution in [0, 0.1) is 6.92 Å². The first-order chi connectivity index (χ1) is 15.5. The fourth-order valence-electron chi connectivity index (χ4n) is 4.99. The first-order valence-corrected chi connectivity index (χ1v) is 11.4. The van der Waals surface area contributed by atoms with Gasteiger partial charge in [0.2, 0.25) is 0 Å². The van der Waals surface area contributed by atoms with Crippen LogP contribution in [0.3, 0.4) is 0 Å². The van der Waals surface area contributed by atoms with E-state index in [0.29, 0.717) is 11.9 Å². The van der Waals surface area contributed by atoms with Crippen molar-refractivity contribution in [1.82, 2.24) is 20.2 Å². The molecule has 0 spiro atoms. The number of H-pyrrole nitrogens is 1. The molecule has 8 heteroatoms. The lowest BCUT2D eigenvalue weighted by molar-refractivity contribution is -0.00549. The molecule has 4 heterocycles. The van der Waals surface area contributed by atoms with Gasteiger partial charge in [-0.25, -0.2) is 0 Å². The number of fused-ring (bicyclic) bond motifs is 1. The fourth-order valence-corrected chi connectivity index (χ4v) is 4.99. The van der Waals surface area contributed by atoms with Crippen LogP contribution in [-0.2, 0) is 9.47 Å². The van der Waals surface area contributed by atoms with Gasteiger partial charge in [0.15, 0.2) is 0 Å². The monoisotopic (exact) mass is 437 g/mol. The quantitative estimate of drug-likeness (QED) is 0.664. The van der Waals surface area contributed by atoms with Gasteiger partial charge in [0.25, 0.3) is 0 Å². The van der Waals surface area contributed by atoms with Crippen molar-refractivity contribution in [2.75, 3.05) is 38.3 Å². The van der Waals surface area contributed by atoms with Gasteiger partial charge in [-0.05, 0) is 62.8 Å². The van der Waals surface area contributed by atoms with Gasteiger partial charge in [-0.1, -0.05) is 0 Å². The minimum absolute atomic E-state index is 0.138. The predicted octanol–water partition coefficient (Wildman–Crippen LogP) is 3.84. The maximum absolute atomic E-state index is 5.89. The topological polar surface area (TPSA) is 85.4 Å². The zero-order chi connectivity index (χ0) is 22.2. The van der Waals surface area contributed by atoms with Crippen LogP contribution < -0.4 is 9.64 Å². The molecule has 2 unspecified atom stereocenters. The van der Waals surface area contributed by atoms with E-state index >= 15 is 0 Å². The lowest BCUT2D eigenvalue weighted by Gasteiger charge is -2.36. The van der Waals surface area contributed by atoms with E-state index in [0.717, 1.165) is 67.3 Å². The molecule has 8 nitrogen and oxygen atoms in total. The summed E-state index contributed by atoms with van der Waals surface area (Å²) in [5.41, 5.74) is 5.26. The van der Waals surface area contributed by atoms with Gasteiger partial charge >= 0.3 is 6.01 Å². The number of anilines is 1. The Morgan fingerprint density at radius 1 is 1.06 bits per heavy atom. The van der Waals surface area contributed by atoms with Gasteiger partial charge in [-0.2, -0.15) is 15.1 Å². The molecule has 0 aliphatic carbocycles. The van der Waals surface area contributed by atoms with Gasteiger partial charge in [-0.3, -0.25) is 5.10 Å². The second kappa shape index (κ2) is 8.67. The van der Waals surface area contributed by atoms with Gasteiger partial charge < -0.3 is 19.1 Å². The molecule has 1 aromatic carbocycles. The lowest BCUT2D eigenvalue weighted by atomic mass is 9.87. The summed E-state index contributed by atoms with van der Waals surface area (Å²) in [6.45, 7) is 9.55. The molecule has 170 valence electrons. The molecule has 0 radical (unpaired) electrons. The standard InChI is InChI=1S/C24H31N5O3/c1-14-9-20-19(10-18(14)17-5-7-31-8-6-17)23(28-27-20)21-11-22(26-24(25-21)30-4)29-12-15(2)32-16(3)13-29/h9-11,15-17H,5-8,12-13H2,1-4H3,(H,27,28). The highest BCUT2D eigenvalue weighted by Crippen LogP contribution is 2.35. The number of aromatic nitrogens is 4. The summed E-state index contributed by atoms with van der Waals surface area (Å²) in [5.74, 6) is 1.35. The Morgan fingerprint density at radius 2 is 1.81 bits per heavy atom. The third-order valence-electron chi connectivity index (χ3n) is 6.47. The number of hydrogen-bond donors (Lipinski definition) is 1. The van der Waals surface area contributed by atoms with Gasteiger partial charge in [0.05, 0.1) is 24.8 Å². The van der Waals surface area contributed by atoms with Crippen LogP contribution in [0.4, 0.5) is 5.82 Å². The lowest BCUT2D eigenvalue weighted by Crippen LogP contribution is -2.45. The number of rotatable bonds is 4. The SMILES string of the molecule is COc1nc(-c2n[nH]c3cc(C)c(C4CCOCC4)cc23)cc(N2CC(C)OC(C)C2)n1. The Kier molecular flexibility index (Phi) is 5.73. The number of aromatic amines is 1. The normalized spacial score (nSPS) is 22.4. The van der Waals surface area contributed by atoms with Crippen molar-refractivity contribution in [3.63, 3.8) is 0 Å². The number of hydrogen-bond acceptors (Lipinski definition) is 7. The molecule has 5 rings (SSSR count). The maximum atomic E-state index is 5.89. The summed E-state index contributed by atoms with van der Waals surface area (Å²) in [6, 6.07) is 6.84. The van der Waals surface area contributed by atoms with E-state index in [2.05, 4.69) is 58.0 Å². The average molecular weight is 438 g/mol. The number of aryl methyl sites for hydroxylation is 1. The van der Waals surface area contributed by atoms with E-state index in [4.69, 9.17) is 14.2 Å². The predicted molar refractivity (Wildman–Crippen MR) is 123 cm³/mol. The Balaban J connectivity index is 1.57. The van der Waals surface area contributed by atoms with Crippen LogP contribution in [0.15, 0.2) is 18.2 Å². The molecule has 0 bridgehead atoms. The highest BCUT2D eigenvalue weighted by molar-refractivity contribution is 5.93. The van der Waals surface area contributed by atoms with Crippen molar-refractivity contribution in [2.45, 2.75) is 51.7 Å². The fraction of sp³-hybridized carbons (Fsp3) is 0.542. The second-order valence-corrected chi connectivity index (χ2v) is 8.97. The van der Waals surface area contributed by atoms with Crippen LogP contribution in [0.1, 0.15) is 43.7 Å². The third kappa shape index (κ3) is 4.04. The smallest absolute Gasteiger partial charge is 0.318 e. The zero-order valence-electron chi connectivity index (χ0n) is 19.2. The van der Waals surface area contributed by atoms with Gasteiger partial charge in [0.1, 0.15) is 17.2 Å². The molecule has 2 aliphatic rings. The maximum Gasteiger partial charge on any atom is 0.318 e. The first-order valence-electron chi connectivity index (χ1n) is 11.4. The molecule has 3 aromatic rings. The molecule has 0 saturated carbocycles. The van der Waals surface area contributed by atoms with Crippen molar-refractivity contribution >= 4 is 16.7 Å². The summed E-state index contributed by atoms with van der Waals surface area (Å²) in [7, 11) is 1.60. The van der Waals surface area contributed by atoms with Gasteiger partial charge in [-0.15, -0.1) is 0 Å². The van der Waals surface area contributed by atoms with E-state index in [9.17, 15) is 0 Å². The van der Waals surface area contributed by atoms with E-state index in [1.807, 2.05) is 6.07 Å². The average Bonchev–Trinajstić information content (AvgIpc) is 3.20. The van der Waals surface area contributed by atoms with E-state index < -0.39 is 0 Å². The summed E-state index contributed by atoms with van der Waals surface area (Å²) in [4.78, 5) is 11.5. The molecular weight excluding hydrogens is 406 g/mol. The molecule has 32 heavy (non-hydrogen) atoms. The Bertz CT molecular complexity index is 1100. The summed E-state index contributed by atoms with van der Waals surface area (Å²) < 4.78 is 16.9. The third-order valence-corrected chi connectivity index (χ3v) is 6.47. The molecule has 2 atom stereocenters. The van der Waals surface area contributed by atoms with Crippen LogP contribution >= 0.6 is 0 Å². The number of nitrogens with zero attached hydrogens (tertiary/aromatic N) is 4. The number of methoxy groups -OCH3 is 1. The minimum atomic E-state index is 0.138. The highest BCUT2D eigenvalue weighted by Gasteiger charge is 2.25. The van der Waals surface area contributed by atoms with E-state index in [1.54, 1.807) is 7.11 Å². The minimum Gasteiger partial charge on any atom is -0.467 e. The van der Waals surface area contributed by atoms with Crippen molar-refractivity contribution < 1.29 is 14.2 Å². The molecule has 2 fully saturated rings. The van der Waals surface area contributed by atoms with E-state index in [-0.39, 0.29) is 12.2 Å². The molecule has 2 saturated heterocycles. The van der Waals surface area contributed by atoms with Crippen molar-refractivity contribution in [3.05, 3.63) is 29.3 Å². The van der Waals surface area contributed by atoms with Crippen LogP contribution in [-0.4, -0.2) is 65.8 Å². The number of benzene rings is 1. The summed E-state index contributed by atoms with van der Waals surface area (Å²) >= 11 is 0. The summed E-state index contributed by atoms with van der Waals surface area (Å²) in [5, 5.41) is 8.92. The molecule has 1 N–H and O–H groups in total. The van der Waals surface area contributed by atoms with Crippen molar-refractivity contribution in [1.29, 1.82) is 0 Å². The van der Waals surface area contributed by atoms with Crippen LogP contribution in [0.5, 0.6) is 6.01 Å². The first kappa shape index (κ1) is 21.2.